The van der Waals surface area contributed by atoms with Crippen molar-refractivity contribution in [3.8, 4) is 0 Å². The summed E-state index contributed by atoms with van der Waals surface area (Å²) in [4.78, 5) is 0. The van der Waals surface area contributed by atoms with Crippen molar-refractivity contribution in [2.75, 3.05) is 0 Å². The zero-order chi connectivity index (χ0) is 22.0. The van der Waals surface area contributed by atoms with E-state index in [0.717, 1.165) is 6.42 Å². The van der Waals surface area contributed by atoms with Gasteiger partial charge in [-0.05, 0) is 54.9 Å². The second-order valence-electron chi connectivity index (χ2n) is 6.94. The third kappa shape index (κ3) is 410. The van der Waals surface area contributed by atoms with Gasteiger partial charge in [-0.15, -0.1) is 13.2 Å². The van der Waals surface area contributed by atoms with Crippen molar-refractivity contribution >= 4 is 0 Å². The zero-order valence-corrected chi connectivity index (χ0v) is 20.9. The Morgan fingerprint density at radius 1 is 0.800 bits per heavy atom. The predicted octanol–water partition coefficient (Wildman–Crippen LogP) is 10.2. The van der Waals surface area contributed by atoms with Gasteiger partial charge in [-0.2, -0.15) is 0 Å². The van der Waals surface area contributed by atoms with Gasteiger partial charge in [0.1, 0.15) is 0 Å². The summed E-state index contributed by atoms with van der Waals surface area (Å²) in [5.74, 6) is 2.92. The highest BCUT2D eigenvalue weighted by molar-refractivity contribution is 4.88. The normalized spacial score (nSPS) is 6.84. The molecular weight excluding hydrogens is 300 g/mol. The van der Waals surface area contributed by atoms with E-state index in [1.54, 1.807) is 0 Å². The predicted molar refractivity (Wildman–Crippen MR) is 127 cm³/mol. The number of allylic oxidation sites excluding steroid dienone is 4. The molecule has 152 valence electrons. The van der Waals surface area contributed by atoms with Crippen LogP contribution in [0.25, 0.3) is 0 Å². The number of rotatable bonds is 2. The molecule has 0 rings (SSSR count). The molecule has 0 aromatic carbocycles. The monoisotopic (exact) mass is 354 g/mol. The summed E-state index contributed by atoms with van der Waals surface area (Å²) in [6, 6.07) is 0. The van der Waals surface area contributed by atoms with Gasteiger partial charge in [0.2, 0.25) is 0 Å². The largest absolute Gasteiger partial charge is 0.100 e. The van der Waals surface area contributed by atoms with Crippen molar-refractivity contribution in [1.29, 1.82) is 0 Å². The van der Waals surface area contributed by atoms with E-state index in [-0.39, 0.29) is 0 Å². The maximum atomic E-state index is 3.67. The minimum Gasteiger partial charge on any atom is -0.100 e. The first-order valence-corrected chi connectivity index (χ1v) is 9.69. The lowest BCUT2D eigenvalue weighted by Crippen LogP contribution is -1.73. The molecule has 0 saturated heterocycles. The van der Waals surface area contributed by atoms with E-state index >= 15 is 0 Å². The summed E-state index contributed by atoms with van der Waals surface area (Å²) in [5.41, 5.74) is 3.80. The molecule has 0 aliphatic heterocycles. The lowest BCUT2D eigenvalue weighted by Gasteiger charge is -1.79. The maximum absolute atomic E-state index is 3.67. The lowest BCUT2D eigenvalue weighted by atomic mass is 10.2. The Balaban J connectivity index is -0.0000000441. The average molecular weight is 355 g/mol. The fraction of sp³-hybridized carbons (Fsp3) is 0.680. The van der Waals surface area contributed by atoms with Crippen molar-refractivity contribution < 1.29 is 0 Å². The van der Waals surface area contributed by atoms with Gasteiger partial charge in [-0.1, -0.05) is 43.6 Å². The molecule has 0 aliphatic carbocycles. The summed E-state index contributed by atoms with van der Waals surface area (Å²) in [6.45, 7) is 38.2. The maximum Gasteiger partial charge on any atom is 0.0866 e. The summed E-state index contributed by atoms with van der Waals surface area (Å²) in [6.07, 6.45) is 4.42. The quantitative estimate of drug-likeness (QED) is 0.341. The Hall–Kier alpha value is -1.04. The number of hydrogen-bond acceptors (Lipinski definition) is 0. The van der Waals surface area contributed by atoms with Gasteiger partial charge in [0.15, 0.2) is 0 Å². The third-order valence-corrected chi connectivity index (χ3v) is 1.89. The molecule has 0 heteroatoms. The van der Waals surface area contributed by atoms with Gasteiger partial charge in [0.25, 0.3) is 0 Å². The SMILES string of the molecule is C=C(C)C.C=C(C)CC.CC.CC=C(C)C.CC[C+](C)C.C[C+](C)C. The molecule has 0 N–H and O–H groups in total. The highest BCUT2D eigenvalue weighted by Crippen LogP contribution is 1.97. The van der Waals surface area contributed by atoms with Crippen LogP contribution in [0.1, 0.15) is 117 Å². The van der Waals surface area contributed by atoms with Crippen LogP contribution in [0.4, 0.5) is 0 Å². The van der Waals surface area contributed by atoms with Crippen LogP contribution in [0.5, 0.6) is 0 Å². The Kier molecular flexibility index (Phi) is 60.3. The van der Waals surface area contributed by atoms with Crippen molar-refractivity contribution in [1.82, 2.24) is 0 Å². The highest BCUT2D eigenvalue weighted by atomic mass is 13.9. The fourth-order valence-electron chi connectivity index (χ4n) is 0. The molecule has 0 bridgehead atoms. The standard InChI is InChI=1S/C5H11.2C5H10.C4H9.C4H8.C2H6/c3*1-4-5(2)3;2*1-4(2)3;1-2/h4H2,1-3H3;4H,1-3H3;2,4H2,1,3H3;1-3H3;1H2,2-3H3;1-2H3/q+1;;;+1;;. The van der Waals surface area contributed by atoms with Gasteiger partial charge >= 0.3 is 0 Å². The minimum atomic E-state index is 1.11. The Morgan fingerprint density at radius 3 is 0.920 bits per heavy atom. The second-order valence-corrected chi connectivity index (χ2v) is 6.94. The molecule has 0 aromatic rings. The van der Waals surface area contributed by atoms with Crippen LogP contribution in [0, 0.1) is 11.8 Å². The van der Waals surface area contributed by atoms with E-state index in [2.05, 4.69) is 81.5 Å². The molecule has 0 unspecified atom stereocenters. The third-order valence-electron chi connectivity index (χ3n) is 1.89. The molecule has 0 heterocycles. The fourth-order valence-corrected chi connectivity index (χ4v) is 0. The molecule has 0 fully saturated rings. The molecule has 0 saturated carbocycles. The molecule has 0 radical (unpaired) electrons. The van der Waals surface area contributed by atoms with Crippen LogP contribution >= 0.6 is 0 Å². The zero-order valence-electron chi connectivity index (χ0n) is 20.9. The number of hydrogen-bond donors (Lipinski definition) is 0. The summed E-state index contributed by atoms with van der Waals surface area (Å²) >= 11 is 0. The molecule has 0 nitrogen and oxygen atoms in total. The first-order valence-electron chi connectivity index (χ1n) is 9.69. The van der Waals surface area contributed by atoms with Crippen LogP contribution in [0.3, 0.4) is 0 Å². The van der Waals surface area contributed by atoms with Gasteiger partial charge in [0, 0.05) is 0 Å². The van der Waals surface area contributed by atoms with Gasteiger partial charge < -0.3 is 0 Å². The van der Waals surface area contributed by atoms with E-state index < -0.39 is 0 Å². The highest BCUT2D eigenvalue weighted by Gasteiger charge is 1.93. The van der Waals surface area contributed by atoms with Crippen LogP contribution in [0.15, 0.2) is 36.0 Å². The summed E-state index contributed by atoms with van der Waals surface area (Å²) in [5, 5.41) is 0. The van der Waals surface area contributed by atoms with Crippen LogP contribution in [-0.4, -0.2) is 0 Å². The minimum absolute atomic E-state index is 1.11. The molecule has 0 spiro atoms. The van der Waals surface area contributed by atoms with Gasteiger partial charge in [-0.25, -0.2) is 0 Å². The summed E-state index contributed by atoms with van der Waals surface area (Å²) in [7, 11) is 0. The Labute approximate surface area is 164 Å². The molecule has 0 aliphatic rings. The van der Waals surface area contributed by atoms with E-state index in [1.165, 1.54) is 35.0 Å². The van der Waals surface area contributed by atoms with Crippen molar-refractivity contribution in [3.63, 3.8) is 0 Å². The molecule has 0 atom stereocenters. The molecular formula is C25H54+2. The smallest absolute Gasteiger partial charge is 0.0866 e. The van der Waals surface area contributed by atoms with Crippen molar-refractivity contribution in [2.45, 2.75) is 117 Å². The topological polar surface area (TPSA) is 0 Å². The second kappa shape index (κ2) is 38.5. The van der Waals surface area contributed by atoms with E-state index in [0.29, 0.717) is 0 Å². The Morgan fingerprint density at radius 2 is 0.920 bits per heavy atom. The Bertz CT molecular complexity index is 240. The lowest BCUT2D eigenvalue weighted by molar-refractivity contribution is 0.923. The first-order chi connectivity index (χ1) is 11.3. The molecule has 0 aromatic heterocycles. The molecule has 0 amide bonds. The molecule has 25 heavy (non-hydrogen) atoms. The van der Waals surface area contributed by atoms with Crippen molar-refractivity contribution in [2.24, 2.45) is 0 Å². The van der Waals surface area contributed by atoms with E-state index in [9.17, 15) is 0 Å². The van der Waals surface area contributed by atoms with Crippen molar-refractivity contribution in [3.05, 3.63) is 47.8 Å². The van der Waals surface area contributed by atoms with E-state index in [4.69, 9.17) is 0 Å². The first kappa shape index (κ1) is 39.2. The summed E-state index contributed by atoms with van der Waals surface area (Å²) < 4.78 is 0. The van der Waals surface area contributed by atoms with E-state index in [1.807, 2.05) is 41.5 Å². The van der Waals surface area contributed by atoms with Crippen LogP contribution in [-0.2, 0) is 0 Å². The average Bonchev–Trinajstić information content (AvgIpc) is 2.49. The van der Waals surface area contributed by atoms with Crippen LogP contribution < -0.4 is 0 Å². The van der Waals surface area contributed by atoms with Gasteiger partial charge in [-0.3, -0.25) is 0 Å². The van der Waals surface area contributed by atoms with Gasteiger partial charge in [0.05, 0.1) is 52.9 Å². The van der Waals surface area contributed by atoms with Crippen LogP contribution in [0.2, 0.25) is 0 Å².